The zero-order chi connectivity index (χ0) is 14.5. The molecular formula is C17H27NO. The van der Waals surface area contributed by atoms with E-state index >= 15 is 0 Å². The maximum Gasteiger partial charge on any atom is 0.139 e. The molecule has 2 heteroatoms. The van der Waals surface area contributed by atoms with Crippen LogP contribution in [0.2, 0.25) is 0 Å². The highest BCUT2D eigenvalue weighted by Crippen LogP contribution is 2.18. The van der Waals surface area contributed by atoms with Gasteiger partial charge in [0.25, 0.3) is 0 Å². The van der Waals surface area contributed by atoms with Crippen molar-refractivity contribution < 1.29 is 4.79 Å². The van der Waals surface area contributed by atoms with Crippen LogP contribution in [-0.2, 0) is 11.3 Å². The van der Waals surface area contributed by atoms with Crippen LogP contribution < -0.4 is 0 Å². The van der Waals surface area contributed by atoms with Crippen LogP contribution in [0.3, 0.4) is 0 Å². The van der Waals surface area contributed by atoms with Crippen molar-refractivity contribution in [1.29, 1.82) is 0 Å². The summed E-state index contributed by atoms with van der Waals surface area (Å²) in [6.07, 6.45) is 0.633. The van der Waals surface area contributed by atoms with E-state index in [1.807, 2.05) is 26.8 Å². The minimum atomic E-state index is -0.227. The number of hydrogen-bond acceptors (Lipinski definition) is 2. The molecule has 0 spiro atoms. The lowest BCUT2D eigenvalue weighted by Crippen LogP contribution is -2.34. The summed E-state index contributed by atoms with van der Waals surface area (Å²) in [6, 6.07) is 10.9. The molecule has 0 N–H and O–H groups in total. The molecule has 1 aromatic carbocycles. The maximum atomic E-state index is 12.0. The largest absolute Gasteiger partial charge is 0.299 e. The molecule has 0 aliphatic carbocycles. The van der Waals surface area contributed by atoms with Crippen molar-refractivity contribution in [2.24, 2.45) is 5.41 Å². The molecule has 0 unspecified atom stereocenters. The maximum absolute atomic E-state index is 12.0. The van der Waals surface area contributed by atoms with Gasteiger partial charge in [-0.3, -0.25) is 9.69 Å². The van der Waals surface area contributed by atoms with Gasteiger partial charge in [0.15, 0.2) is 0 Å². The number of carbonyl (C=O) groups excluding carboxylic acids is 1. The van der Waals surface area contributed by atoms with E-state index in [-0.39, 0.29) is 5.41 Å². The van der Waals surface area contributed by atoms with Crippen molar-refractivity contribution in [3.8, 4) is 0 Å². The van der Waals surface area contributed by atoms with E-state index in [2.05, 4.69) is 43.0 Å². The van der Waals surface area contributed by atoms with E-state index in [0.29, 0.717) is 18.2 Å². The fraction of sp³-hybridized carbons (Fsp3) is 0.588. The summed E-state index contributed by atoms with van der Waals surface area (Å²) < 4.78 is 0. The molecule has 2 nitrogen and oxygen atoms in total. The number of hydrogen-bond donors (Lipinski definition) is 0. The highest BCUT2D eigenvalue weighted by molar-refractivity contribution is 5.83. The number of benzene rings is 1. The molecule has 0 saturated heterocycles. The molecular weight excluding hydrogens is 234 g/mol. The van der Waals surface area contributed by atoms with Gasteiger partial charge in [-0.05, 0) is 19.4 Å². The lowest BCUT2D eigenvalue weighted by atomic mass is 9.89. The Balaban J connectivity index is 2.57. The molecule has 0 atom stereocenters. The first-order valence-corrected chi connectivity index (χ1v) is 7.12. The van der Waals surface area contributed by atoms with Crippen LogP contribution in [0, 0.1) is 5.41 Å². The Morgan fingerprint density at radius 1 is 1.16 bits per heavy atom. The van der Waals surface area contributed by atoms with Crippen molar-refractivity contribution in [2.45, 2.75) is 53.6 Å². The quantitative estimate of drug-likeness (QED) is 0.774. The molecule has 0 fully saturated rings. The summed E-state index contributed by atoms with van der Waals surface area (Å²) in [7, 11) is 0. The van der Waals surface area contributed by atoms with Gasteiger partial charge >= 0.3 is 0 Å². The van der Waals surface area contributed by atoms with Gasteiger partial charge in [-0.25, -0.2) is 0 Å². The van der Waals surface area contributed by atoms with E-state index in [9.17, 15) is 4.79 Å². The third-order valence-corrected chi connectivity index (χ3v) is 3.42. The third kappa shape index (κ3) is 5.56. The second-order valence-electron chi connectivity index (χ2n) is 6.47. The predicted molar refractivity (Wildman–Crippen MR) is 81.1 cm³/mol. The van der Waals surface area contributed by atoms with Crippen LogP contribution in [0.1, 0.15) is 46.6 Å². The van der Waals surface area contributed by atoms with Crippen molar-refractivity contribution in [1.82, 2.24) is 4.90 Å². The van der Waals surface area contributed by atoms with Gasteiger partial charge in [0, 0.05) is 31.0 Å². The molecule has 0 aliphatic heterocycles. The van der Waals surface area contributed by atoms with Crippen LogP contribution in [0.4, 0.5) is 0 Å². The molecule has 1 aromatic rings. The Morgan fingerprint density at radius 2 is 1.74 bits per heavy atom. The topological polar surface area (TPSA) is 20.3 Å². The number of nitrogens with zero attached hydrogens (tertiary/aromatic N) is 1. The van der Waals surface area contributed by atoms with Crippen molar-refractivity contribution >= 4 is 5.78 Å². The van der Waals surface area contributed by atoms with Crippen LogP contribution in [0.25, 0.3) is 0 Å². The lowest BCUT2D eigenvalue weighted by molar-refractivity contribution is -0.126. The zero-order valence-electron chi connectivity index (χ0n) is 12.9. The van der Waals surface area contributed by atoms with E-state index in [1.54, 1.807) is 0 Å². The van der Waals surface area contributed by atoms with Gasteiger partial charge < -0.3 is 0 Å². The van der Waals surface area contributed by atoms with Crippen LogP contribution >= 0.6 is 0 Å². The third-order valence-electron chi connectivity index (χ3n) is 3.42. The van der Waals surface area contributed by atoms with Crippen LogP contribution in [0.15, 0.2) is 30.3 Å². The summed E-state index contributed by atoms with van der Waals surface area (Å²) in [5.41, 5.74) is 1.08. The van der Waals surface area contributed by atoms with Gasteiger partial charge in [0.05, 0.1) is 0 Å². The number of Topliss-reactive ketones (excluding diaryl/α,β-unsaturated/α-hetero) is 1. The normalized spacial score (nSPS) is 12.2. The van der Waals surface area contributed by atoms with Crippen molar-refractivity contribution in [3.63, 3.8) is 0 Å². The number of carbonyl (C=O) groups is 1. The number of ketones is 1. The van der Waals surface area contributed by atoms with Gasteiger partial charge in [-0.1, -0.05) is 51.1 Å². The summed E-state index contributed by atoms with van der Waals surface area (Å²) >= 11 is 0. The molecule has 0 radical (unpaired) electrons. The molecule has 0 heterocycles. The highest BCUT2D eigenvalue weighted by atomic mass is 16.1. The molecule has 0 aliphatic rings. The Morgan fingerprint density at radius 3 is 2.21 bits per heavy atom. The molecule has 0 bridgehead atoms. The van der Waals surface area contributed by atoms with E-state index in [0.717, 1.165) is 13.1 Å². The Bertz CT molecular complexity index is 389. The Kier molecular flexibility index (Phi) is 5.74. The standard InChI is InChI=1S/C17H27NO/c1-14(2)18(12-11-16(19)17(3,4)5)13-15-9-7-6-8-10-15/h6-10,14H,11-13H2,1-5H3. The monoisotopic (exact) mass is 261 g/mol. The van der Waals surface area contributed by atoms with E-state index in [4.69, 9.17) is 0 Å². The Hall–Kier alpha value is -1.15. The second-order valence-corrected chi connectivity index (χ2v) is 6.47. The molecule has 0 aromatic heterocycles. The summed E-state index contributed by atoms with van der Waals surface area (Å²) in [6.45, 7) is 12.1. The van der Waals surface area contributed by atoms with Crippen molar-refractivity contribution in [2.75, 3.05) is 6.54 Å². The lowest BCUT2D eigenvalue weighted by Gasteiger charge is -2.27. The van der Waals surface area contributed by atoms with E-state index in [1.165, 1.54) is 5.56 Å². The predicted octanol–water partition coefficient (Wildman–Crippen LogP) is 3.90. The fourth-order valence-corrected chi connectivity index (χ4v) is 1.96. The first-order valence-electron chi connectivity index (χ1n) is 7.12. The van der Waals surface area contributed by atoms with Crippen LogP contribution in [-0.4, -0.2) is 23.3 Å². The first kappa shape index (κ1) is 15.9. The molecule has 0 saturated carbocycles. The highest BCUT2D eigenvalue weighted by Gasteiger charge is 2.22. The molecule has 19 heavy (non-hydrogen) atoms. The molecule has 106 valence electrons. The van der Waals surface area contributed by atoms with Crippen molar-refractivity contribution in [3.05, 3.63) is 35.9 Å². The Labute approximate surface area is 117 Å². The average Bonchev–Trinajstić information content (AvgIpc) is 2.33. The smallest absolute Gasteiger partial charge is 0.139 e. The zero-order valence-corrected chi connectivity index (χ0v) is 12.9. The molecule has 1 rings (SSSR count). The number of rotatable bonds is 6. The summed E-state index contributed by atoms with van der Waals surface area (Å²) in [4.78, 5) is 14.4. The van der Waals surface area contributed by atoms with E-state index < -0.39 is 0 Å². The van der Waals surface area contributed by atoms with Crippen LogP contribution in [0.5, 0.6) is 0 Å². The van der Waals surface area contributed by atoms with Gasteiger partial charge in [-0.15, -0.1) is 0 Å². The van der Waals surface area contributed by atoms with Gasteiger partial charge in [-0.2, -0.15) is 0 Å². The minimum Gasteiger partial charge on any atom is -0.299 e. The molecule has 0 amide bonds. The summed E-state index contributed by atoms with van der Waals surface area (Å²) in [5, 5.41) is 0. The second kappa shape index (κ2) is 6.85. The van der Waals surface area contributed by atoms with Gasteiger partial charge in [0.2, 0.25) is 0 Å². The van der Waals surface area contributed by atoms with Gasteiger partial charge in [0.1, 0.15) is 5.78 Å². The minimum absolute atomic E-state index is 0.227. The average molecular weight is 261 g/mol. The fourth-order valence-electron chi connectivity index (χ4n) is 1.96. The summed E-state index contributed by atoms with van der Waals surface area (Å²) in [5.74, 6) is 0.339. The SMILES string of the molecule is CC(C)N(CCC(=O)C(C)(C)C)Cc1ccccc1. The first-order chi connectivity index (χ1) is 8.80.